The highest BCUT2D eigenvalue weighted by Gasteiger charge is 2.12. The quantitative estimate of drug-likeness (QED) is 0.500. The van der Waals surface area contributed by atoms with Gasteiger partial charge in [-0.3, -0.25) is 9.59 Å². The number of ether oxygens (including phenoxy) is 2. The summed E-state index contributed by atoms with van der Waals surface area (Å²) in [5.41, 5.74) is 5.51. The zero-order valence-electron chi connectivity index (χ0n) is 9.02. The van der Waals surface area contributed by atoms with E-state index in [0.29, 0.717) is 12.2 Å². The van der Waals surface area contributed by atoms with Crippen LogP contribution in [0.25, 0.3) is 0 Å². The zero-order valence-corrected chi connectivity index (χ0v) is 9.84. The number of carbonyl (C=O) groups excluding carboxylic acids is 2. The highest BCUT2D eigenvalue weighted by atomic mass is 32.2. The van der Waals surface area contributed by atoms with Gasteiger partial charge in [0, 0.05) is 12.2 Å². The molecule has 1 atom stereocenters. The Labute approximate surface area is 93.7 Å². The molecule has 5 nitrogen and oxygen atoms in total. The Morgan fingerprint density at radius 1 is 1.33 bits per heavy atom. The lowest BCUT2D eigenvalue weighted by Crippen LogP contribution is -2.33. The van der Waals surface area contributed by atoms with E-state index in [9.17, 15) is 9.59 Å². The minimum atomic E-state index is -0.585. The third kappa shape index (κ3) is 7.21. The van der Waals surface area contributed by atoms with Crippen LogP contribution in [0.5, 0.6) is 0 Å². The average molecular weight is 235 g/mol. The molecule has 0 saturated carbocycles. The second kappa shape index (κ2) is 8.55. The highest BCUT2D eigenvalue weighted by Crippen LogP contribution is 2.06. The van der Waals surface area contributed by atoms with Crippen molar-refractivity contribution in [3.63, 3.8) is 0 Å². The van der Waals surface area contributed by atoms with Crippen LogP contribution in [0, 0.1) is 0 Å². The van der Waals surface area contributed by atoms with Crippen molar-refractivity contribution < 1.29 is 19.1 Å². The first-order valence-electron chi connectivity index (χ1n) is 4.59. The normalized spacial score (nSPS) is 11.9. The smallest absolute Gasteiger partial charge is 0.323 e. The summed E-state index contributed by atoms with van der Waals surface area (Å²) in [5.74, 6) is 0.663. The van der Waals surface area contributed by atoms with Gasteiger partial charge in [0.25, 0.3) is 0 Å². The number of carbonyl (C=O) groups is 2. The van der Waals surface area contributed by atoms with Gasteiger partial charge in [0.1, 0.15) is 6.04 Å². The van der Waals surface area contributed by atoms with Crippen LogP contribution >= 0.6 is 11.8 Å². The average Bonchev–Trinajstić information content (AvgIpc) is 2.26. The number of methoxy groups -OCH3 is 2. The van der Waals surface area contributed by atoms with Crippen molar-refractivity contribution in [1.29, 1.82) is 0 Å². The number of thioether (sulfide) groups is 1. The van der Waals surface area contributed by atoms with Crippen molar-refractivity contribution >= 4 is 23.7 Å². The van der Waals surface area contributed by atoms with Crippen LogP contribution in [0.2, 0.25) is 0 Å². The summed E-state index contributed by atoms with van der Waals surface area (Å²) >= 11 is 1.52. The SMILES string of the molecule is COC(=O)CCCSCC(N)C(=O)OC. The molecule has 0 amide bonds. The lowest BCUT2D eigenvalue weighted by atomic mass is 10.3. The maximum Gasteiger partial charge on any atom is 0.323 e. The monoisotopic (exact) mass is 235 g/mol. The molecule has 0 heterocycles. The third-order valence-electron chi connectivity index (χ3n) is 1.70. The van der Waals surface area contributed by atoms with Gasteiger partial charge in [-0.1, -0.05) is 0 Å². The van der Waals surface area contributed by atoms with Crippen molar-refractivity contribution in [1.82, 2.24) is 0 Å². The summed E-state index contributed by atoms with van der Waals surface area (Å²) in [5, 5.41) is 0. The molecule has 0 fully saturated rings. The van der Waals surface area contributed by atoms with Gasteiger partial charge < -0.3 is 15.2 Å². The Balaban J connectivity index is 3.38. The Kier molecular flexibility index (Phi) is 8.12. The van der Waals surface area contributed by atoms with Gasteiger partial charge in [-0.15, -0.1) is 0 Å². The molecular formula is C9H17NO4S. The molecule has 0 spiro atoms. The van der Waals surface area contributed by atoms with Crippen molar-refractivity contribution in [2.75, 3.05) is 25.7 Å². The minimum absolute atomic E-state index is 0.215. The maximum absolute atomic E-state index is 10.9. The van der Waals surface area contributed by atoms with E-state index in [4.69, 9.17) is 5.73 Å². The van der Waals surface area contributed by atoms with Crippen LogP contribution in [0.4, 0.5) is 0 Å². The predicted molar refractivity (Wildman–Crippen MR) is 58.6 cm³/mol. The third-order valence-corrected chi connectivity index (χ3v) is 2.87. The summed E-state index contributed by atoms with van der Waals surface area (Å²) in [4.78, 5) is 21.6. The zero-order chi connectivity index (χ0) is 11.7. The molecule has 0 saturated heterocycles. The lowest BCUT2D eigenvalue weighted by molar-refractivity contribution is -0.142. The highest BCUT2D eigenvalue weighted by molar-refractivity contribution is 7.99. The number of hydrogen-bond donors (Lipinski definition) is 1. The standard InChI is InChI=1S/C9H17NO4S/c1-13-8(11)4-3-5-15-6-7(10)9(12)14-2/h7H,3-6,10H2,1-2H3. The van der Waals surface area contributed by atoms with Crippen LogP contribution < -0.4 is 5.73 Å². The molecule has 15 heavy (non-hydrogen) atoms. The fraction of sp³-hybridized carbons (Fsp3) is 0.778. The molecule has 0 aliphatic rings. The summed E-state index contributed by atoms with van der Waals surface area (Å²) < 4.78 is 8.96. The van der Waals surface area contributed by atoms with Crippen LogP contribution in [0.3, 0.4) is 0 Å². The van der Waals surface area contributed by atoms with Gasteiger partial charge in [-0.25, -0.2) is 0 Å². The van der Waals surface area contributed by atoms with Crippen molar-refractivity contribution in [2.24, 2.45) is 5.73 Å². The summed E-state index contributed by atoms with van der Waals surface area (Å²) in [6, 6.07) is -0.585. The Bertz CT molecular complexity index is 210. The molecule has 0 aliphatic carbocycles. The summed E-state index contributed by atoms with van der Waals surface area (Å²) in [6.45, 7) is 0. The summed E-state index contributed by atoms with van der Waals surface area (Å²) in [6.07, 6.45) is 1.13. The molecule has 0 aliphatic heterocycles. The van der Waals surface area contributed by atoms with E-state index >= 15 is 0 Å². The number of hydrogen-bond acceptors (Lipinski definition) is 6. The van der Waals surface area contributed by atoms with E-state index in [2.05, 4.69) is 9.47 Å². The van der Waals surface area contributed by atoms with E-state index in [0.717, 1.165) is 12.2 Å². The molecular weight excluding hydrogens is 218 g/mol. The topological polar surface area (TPSA) is 78.6 Å². The molecule has 0 radical (unpaired) electrons. The molecule has 88 valence electrons. The van der Waals surface area contributed by atoms with Crippen LogP contribution in [-0.2, 0) is 19.1 Å². The van der Waals surface area contributed by atoms with Crippen molar-refractivity contribution in [2.45, 2.75) is 18.9 Å². The first-order chi connectivity index (χ1) is 7.11. The first-order valence-corrected chi connectivity index (χ1v) is 5.75. The number of rotatable bonds is 7. The van der Waals surface area contributed by atoms with Crippen molar-refractivity contribution in [3.05, 3.63) is 0 Å². The van der Waals surface area contributed by atoms with Crippen LogP contribution in [0.1, 0.15) is 12.8 Å². The lowest BCUT2D eigenvalue weighted by Gasteiger charge is -2.07. The van der Waals surface area contributed by atoms with Gasteiger partial charge in [-0.2, -0.15) is 11.8 Å². The van der Waals surface area contributed by atoms with E-state index in [1.54, 1.807) is 0 Å². The molecule has 0 rings (SSSR count). The second-order valence-corrected chi connectivity index (χ2v) is 4.03. The first kappa shape index (κ1) is 14.2. The fourth-order valence-corrected chi connectivity index (χ4v) is 1.76. The van der Waals surface area contributed by atoms with E-state index in [-0.39, 0.29) is 5.97 Å². The number of esters is 2. The van der Waals surface area contributed by atoms with Gasteiger partial charge in [0.2, 0.25) is 0 Å². The van der Waals surface area contributed by atoms with Gasteiger partial charge >= 0.3 is 11.9 Å². The second-order valence-electron chi connectivity index (χ2n) is 2.88. The Morgan fingerprint density at radius 2 is 2.00 bits per heavy atom. The van der Waals surface area contributed by atoms with Gasteiger partial charge in [0.05, 0.1) is 14.2 Å². The number of nitrogens with two attached hydrogens (primary N) is 1. The van der Waals surface area contributed by atoms with Crippen LogP contribution in [0.15, 0.2) is 0 Å². The van der Waals surface area contributed by atoms with Crippen LogP contribution in [-0.4, -0.2) is 43.7 Å². The van der Waals surface area contributed by atoms with Gasteiger partial charge in [-0.05, 0) is 12.2 Å². The minimum Gasteiger partial charge on any atom is -0.469 e. The molecule has 0 aromatic rings. The fourth-order valence-electron chi connectivity index (χ4n) is 0.850. The van der Waals surface area contributed by atoms with Crippen molar-refractivity contribution in [3.8, 4) is 0 Å². The molecule has 2 N–H and O–H groups in total. The maximum atomic E-state index is 10.9. The largest absolute Gasteiger partial charge is 0.469 e. The molecule has 0 aromatic heterocycles. The van der Waals surface area contributed by atoms with E-state index in [1.165, 1.54) is 26.0 Å². The van der Waals surface area contributed by atoms with Gasteiger partial charge in [0.15, 0.2) is 0 Å². The molecule has 1 unspecified atom stereocenters. The Hall–Kier alpha value is -0.750. The molecule has 6 heteroatoms. The summed E-state index contributed by atoms with van der Waals surface area (Å²) in [7, 11) is 2.67. The molecule has 0 bridgehead atoms. The Morgan fingerprint density at radius 3 is 2.53 bits per heavy atom. The van der Waals surface area contributed by atoms with E-state index < -0.39 is 12.0 Å². The predicted octanol–water partition coefficient (Wildman–Crippen LogP) is 0.173. The molecule has 0 aromatic carbocycles. The van der Waals surface area contributed by atoms with E-state index in [1.807, 2.05) is 0 Å².